The summed E-state index contributed by atoms with van der Waals surface area (Å²) in [6.07, 6.45) is 1.43. The van der Waals surface area contributed by atoms with Gasteiger partial charge < -0.3 is 19.3 Å². The van der Waals surface area contributed by atoms with E-state index in [0.717, 1.165) is 12.8 Å². The maximum absolute atomic E-state index is 11.0. The number of ether oxygens (including phenoxy) is 3. The largest absolute Gasteiger partial charge is 0.493 e. The van der Waals surface area contributed by atoms with Crippen LogP contribution in [-0.4, -0.2) is 36.5 Å². The molecule has 0 unspecified atom stereocenters. The predicted octanol–water partition coefficient (Wildman–Crippen LogP) is 1.65. The van der Waals surface area contributed by atoms with Crippen molar-refractivity contribution in [3.8, 4) is 11.5 Å². The standard InChI is InChI=1S/C13H17NO6/c1-18-12-6-9(8-15)11(14(16)17)7-13(12)20-10-2-4-19-5-3-10/h6-7,10,15H,2-5,8H2,1H3. The SMILES string of the molecule is COc1cc(CO)c([N+](=O)[O-])cc1OC1CCOCC1. The highest BCUT2D eigenvalue weighted by atomic mass is 16.6. The third-order valence-corrected chi connectivity index (χ3v) is 3.19. The van der Waals surface area contributed by atoms with Crippen molar-refractivity contribution in [1.82, 2.24) is 0 Å². The van der Waals surface area contributed by atoms with Crippen molar-refractivity contribution in [2.24, 2.45) is 0 Å². The Hall–Kier alpha value is -1.86. The minimum absolute atomic E-state index is 0.0442. The van der Waals surface area contributed by atoms with Gasteiger partial charge >= 0.3 is 0 Å². The fourth-order valence-corrected chi connectivity index (χ4v) is 2.11. The van der Waals surface area contributed by atoms with Crippen molar-refractivity contribution in [2.75, 3.05) is 20.3 Å². The Balaban J connectivity index is 2.29. The topological polar surface area (TPSA) is 91.1 Å². The molecule has 0 spiro atoms. The number of aliphatic hydroxyl groups excluding tert-OH is 1. The van der Waals surface area contributed by atoms with Crippen molar-refractivity contribution in [2.45, 2.75) is 25.6 Å². The first-order valence-electron chi connectivity index (χ1n) is 6.36. The second kappa shape index (κ2) is 6.53. The summed E-state index contributed by atoms with van der Waals surface area (Å²) in [7, 11) is 1.46. The van der Waals surface area contributed by atoms with E-state index in [9.17, 15) is 15.2 Å². The molecule has 1 aliphatic heterocycles. The van der Waals surface area contributed by atoms with Gasteiger partial charge in [0.05, 0.1) is 43.5 Å². The summed E-state index contributed by atoms with van der Waals surface area (Å²) in [6.45, 7) is 0.803. The molecule has 1 aromatic rings. The van der Waals surface area contributed by atoms with Crippen molar-refractivity contribution in [3.05, 3.63) is 27.8 Å². The van der Waals surface area contributed by atoms with Crippen molar-refractivity contribution in [1.29, 1.82) is 0 Å². The molecule has 0 saturated carbocycles. The van der Waals surface area contributed by atoms with Gasteiger partial charge in [-0.15, -0.1) is 0 Å². The van der Waals surface area contributed by atoms with E-state index < -0.39 is 11.5 Å². The molecule has 1 aromatic carbocycles. The van der Waals surface area contributed by atoms with Crippen LogP contribution in [0, 0.1) is 10.1 Å². The van der Waals surface area contributed by atoms with E-state index in [2.05, 4.69) is 0 Å². The van der Waals surface area contributed by atoms with Gasteiger partial charge in [-0.1, -0.05) is 0 Å². The van der Waals surface area contributed by atoms with Crippen LogP contribution in [0.4, 0.5) is 5.69 Å². The van der Waals surface area contributed by atoms with Gasteiger partial charge in [0, 0.05) is 12.8 Å². The highest BCUT2D eigenvalue weighted by Gasteiger charge is 2.22. The number of nitro benzene ring substituents is 1. The molecule has 7 nitrogen and oxygen atoms in total. The molecule has 0 atom stereocenters. The smallest absolute Gasteiger partial charge is 0.278 e. The Kier molecular flexibility index (Phi) is 4.75. The molecule has 1 saturated heterocycles. The van der Waals surface area contributed by atoms with Crippen LogP contribution < -0.4 is 9.47 Å². The normalized spacial score (nSPS) is 15.9. The molecule has 2 rings (SSSR count). The number of methoxy groups -OCH3 is 1. The van der Waals surface area contributed by atoms with Gasteiger partial charge in [-0.2, -0.15) is 0 Å². The number of benzene rings is 1. The van der Waals surface area contributed by atoms with E-state index in [-0.39, 0.29) is 17.4 Å². The van der Waals surface area contributed by atoms with Crippen LogP contribution in [0.25, 0.3) is 0 Å². The lowest BCUT2D eigenvalue weighted by Crippen LogP contribution is -2.26. The molecular formula is C13H17NO6. The Morgan fingerprint density at radius 1 is 1.40 bits per heavy atom. The van der Waals surface area contributed by atoms with Crippen molar-refractivity contribution >= 4 is 5.69 Å². The second-order valence-corrected chi connectivity index (χ2v) is 4.48. The molecule has 1 heterocycles. The highest BCUT2D eigenvalue weighted by Crippen LogP contribution is 2.36. The molecule has 20 heavy (non-hydrogen) atoms. The maximum atomic E-state index is 11.0. The number of hydrogen-bond donors (Lipinski definition) is 1. The summed E-state index contributed by atoms with van der Waals surface area (Å²) in [5, 5.41) is 20.2. The van der Waals surface area contributed by atoms with Crippen LogP contribution >= 0.6 is 0 Å². The van der Waals surface area contributed by atoms with Gasteiger partial charge in [0.1, 0.15) is 6.10 Å². The number of hydrogen-bond acceptors (Lipinski definition) is 6. The summed E-state index contributed by atoms with van der Waals surface area (Å²) < 4.78 is 16.2. The molecule has 1 aliphatic rings. The molecule has 0 aliphatic carbocycles. The lowest BCUT2D eigenvalue weighted by molar-refractivity contribution is -0.386. The van der Waals surface area contributed by atoms with E-state index in [0.29, 0.717) is 24.7 Å². The average molecular weight is 283 g/mol. The van der Waals surface area contributed by atoms with Gasteiger partial charge in [-0.3, -0.25) is 10.1 Å². The Bertz CT molecular complexity index is 484. The number of nitro groups is 1. The van der Waals surface area contributed by atoms with Crippen LogP contribution in [-0.2, 0) is 11.3 Å². The summed E-state index contributed by atoms with van der Waals surface area (Å²) in [6, 6.07) is 2.74. The lowest BCUT2D eigenvalue weighted by atomic mass is 10.1. The number of rotatable bonds is 5. The minimum atomic E-state index is -0.540. The van der Waals surface area contributed by atoms with Crippen LogP contribution in [0.3, 0.4) is 0 Å². The average Bonchev–Trinajstić information content (AvgIpc) is 2.47. The molecule has 0 aromatic heterocycles. The van der Waals surface area contributed by atoms with Crippen molar-refractivity contribution < 1.29 is 24.2 Å². The zero-order chi connectivity index (χ0) is 14.5. The molecule has 0 radical (unpaired) electrons. The summed E-state index contributed by atoms with van der Waals surface area (Å²) in [5.74, 6) is 0.703. The first-order valence-corrected chi connectivity index (χ1v) is 6.36. The number of aliphatic hydroxyl groups is 1. The van der Waals surface area contributed by atoms with Gasteiger partial charge in [-0.25, -0.2) is 0 Å². The third kappa shape index (κ3) is 3.17. The van der Waals surface area contributed by atoms with E-state index in [1.54, 1.807) is 0 Å². The van der Waals surface area contributed by atoms with E-state index >= 15 is 0 Å². The molecule has 0 bridgehead atoms. The predicted molar refractivity (Wildman–Crippen MR) is 70.0 cm³/mol. The Morgan fingerprint density at radius 2 is 2.10 bits per heavy atom. The molecular weight excluding hydrogens is 266 g/mol. The zero-order valence-corrected chi connectivity index (χ0v) is 11.2. The summed E-state index contributed by atoms with van der Waals surface area (Å²) in [5.41, 5.74) is 0.0292. The fraction of sp³-hybridized carbons (Fsp3) is 0.538. The van der Waals surface area contributed by atoms with E-state index in [4.69, 9.17) is 14.2 Å². The molecule has 0 amide bonds. The van der Waals surface area contributed by atoms with Crippen LogP contribution in [0.2, 0.25) is 0 Å². The first-order chi connectivity index (χ1) is 9.65. The van der Waals surface area contributed by atoms with E-state index in [1.165, 1.54) is 19.2 Å². The third-order valence-electron chi connectivity index (χ3n) is 3.19. The molecule has 110 valence electrons. The van der Waals surface area contributed by atoms with Gasteiger partial charge in [0.2, 0.25) is 0 Å². The number of nitrogens with zero attached hydrogens (tertiary/aromatic N) is 1. The van der Waals surface area contributed by atoms with Crippen LogP contribution in [0.5, 0.6) is 11.5 Å². The molecule has 1 N–H and O–H groups in total. The molecule has 1 fully saturated rings. The first kappa shape index (κ1) is 14.5. The minimum Gasteiger partial charge on any atom is -0.493 e. The Labute approximate surface area is 116 Å². The molecule has 7 heteroatoms. The quantitative estimate of drug-likeness (QED) is 0.652. The summed E-state index contributed by atoms with van der Waals surface area (Å²) >= 11 is 0. The lowest BCUT2D eigenvalue weighted by Gasteiger charge is -2.24. The van der Waals surface area contributed by atoms with Gasteiger partial charge in [0.15, 0.2) is 11.5 Å². The summed E-state index contributed by atoms with van der Waals surface area (Å²) in [4.78, 5) is 10.5. The van der Waals surface area contributed by atoms with Crippen molar-refractivity contribution in [3.63, 3.8) is 0 Å². The monoisotopic (exact) mass is 283 g/mol. The Morgan fingerprint density at radius 3 is 2.65 bits per heavy atom. The maximum Gasteiger partial charge on any atom is 0.278 e. The zero-order valence-electron chi connectivity index (χ0n) is 11.2. The fourth-order valence-electron chi connectivity index (χ4n) is 2.11. The van der Waals surface area contributed by atoms with Gasteiger partial charge in [-0.05, 0) is 6.07 Å². The second-order valence-electron chi connectivity index (χ2n) is 4.48. The van der Waals surface area contributed by atoms with Gasteiger partial charge in [0.25, 0.3) is 5.69 Å². The highest BCUT2D eigenvalue weighted by molar-refractivity contribution is 5.54. The van der Waals surface area contributed by atoms with Crippen LogP contribution in [0.15, 0.2) is 12.1 Å². The van der Waals surface area contributed by atoms with Crippen LogP contribution in [0.1, 0.15) is 18.4 Å². The van der Waals surface area contributed by atoms with E-state index in [1.807, 2.05) is 0 Å².